The molecule has 5 rings (SSSR count). The minimum absolute atomic E-state index is 0.0770. The summed E-state index contributed by atoms with van der Waals surface area (Å²) in [7, 11) is -4.06. The number of rotatable bonds is 8. The average molecular weight is 652 g/mol. The highest BCUT2D eigenvalue weighted by atomic mass is 79.9. The van der Waals surface area contributed by atoms with Gasteiger partial charge in [-0.15, -0.1) is 6.58 Å². The molecule has 10 heteroatoms. The van der Waals surface area contributed by atoms with Gasteiger partial charge in [0.15, 0.2) is 0 Å². The van der Waals surface area contributed by atoms with Gasteiger partial charge in [0, 0.05) is 21.6 Å². The number of carbonyl (C=O) groups is 2. The van der Waals surface area contributed by atoms with Crippen LogP contribution in [0.3, 0.4) is 0 Å². The van der Waals surface area contributed by atoms with E-state index in [1.165, 1.54) is 24.4 Å². The molecule has 0 spiro atoms. The Hall–Kier alpha value is -3.73. The van der Waals surface area contributed by atoms with Crippen LogP contribution in [0.15, 0.2) is 101 Å². The van der Waals surface area contributed by atoms with Crippen molar-refractivity contribution >= 4 is 48.9 Å². The van der Waals surface area contributed by atoms with E-state index >= 15 is 0 Å². The molecule has 3 atom stereocenters. The third kappa shape index (κ3) is 5.19. The van der Waals surface area contributed by atoms with Crippen molar-refractivity contribution in [3.05, 3.63) is 113 Å². The lowest BCUT2D eigenvalue weighted by Crippen LogP contribution is -2.48. The van der Waals surface area contributed by atoms with Crippen molar-refractivity contribution < 1.29 is 27.9 Å². The highest BCUT2D eigenvalue weighted by molar-refractivity contribution is 9.10. The number of aryl methyl sites for hydroxylation is 1. The molecule has 1 aliphatic rings. The maximum atomic E-state index is 14.0. The Morgan fingerprint density at radius 2 is 1.76 bits per heavy atom. The van der Waals surface area contributed by atoms with Gasteiger partial charge in [0.05, 0.1) is 28.5 Å². The quantitative estimate of drug-likeness (QED) is 0.229. The molecule has 8 nitrogen and oxygen atoms in total. The number of hydrogen-bond donors (Lipinski definition) is 1. The fourth-order valence-corrected chi connectivity index (χ4v) is 7.36. The number of aromatic nitrogens is 1. The Kier molecular flexibility index (Phi) is 7.91. The number of cyclic esters (lactones) is 1. The highest BCUT2D eigenvalue weighted by Gasteiger charge is 2.52. The first-order chi connectivity index (χ1) is 19.9. The van der Waals surface area contributed by atoms with Crippen molar-refractivity contribution in [2.24, 2.45) is 5.92 Å². The number of amides is 2. The molecule has 0 saturated carbocycles. The lowest BCUT2D eigenvalue weighted by Gasteiger charge is -2.30. The van der Waals surface area contributed by atoms with E-state index in [2.05, 4.69) is 22.5 Å². The fourth-order valence-electron chi connectivity index (χ4n) is 5.41. The number of imide groups is 1. The third-order valence-corrected chi connectivity index (χ3v) is 10.1. The molecular weight excluding hydrogens is 620 g/mol. The minimum Gasteiger partial charge on any atom is -0.441 e. The summed E-state index contributed by atoms with van der Waals surface area (Å²) in [4.78, 5) is 28.2. The summed E-state index contributed by atoms with van der Waals surface area (Å²) < 4.78 is 34.7. The molecule has 1 saturated heterocycles. The van der Waals surface area contributed by atoms with Crippen molar-refractivity contribution in [1.29, 1.82) is 0 Å². The van der Waals surface area contributed by atoms with Crippen LogP contribution < -0.4 is 0 Å². The molecule has 1 aliphatic heterocycles. The van der Waals surface area contributed by atoms with Crippen molar-refractivity contribution in [3.8, 4) is 0 Å². The molecule has 2 heterocycles. The van der Waals surface area contributed by atoms with Gasteiger partial charge in [-0.2, -0.15) is 0 Å². The van der Waals surface area contributed by atoms with E-state index in [4.69, 9.17) is 4.74 Å². The number of carbonyl (C=O) groups excluding carboxylic acids is 2. The first kappa shape index (κ1) is 29.8. The lowest BCUT2D eigenvalue weighted by molar-refractivity contribution is -0.135. The van der Waals surface area contributed by atoms with Gasteiger partial charge in [0.1, 0.15) is 5.60 Å². The minimum atomic E-state index is -4.06. The van der Waals surface area contributed by atoms with Gasteiger partial charge >= 0.3 is 6.09 Å². The maximum absolute atomic E-state index is 14.0. The molecule has 0 unspecified atom stereocenters. The molecule has 1 aromatic heterocycles. The first-order valence-electron chi connectivity index (χ1n) is 13.4. The van der Waals surface area contributed by atoms with Gasteiger partial charge in [-0.05, 0) is 57.0 Å². The van der Waals surface area contributed by atoms with Crippen molar-refractivity contribution in [1.82, 2.24) is 8.87 Å². The van der Waals surface area contributed by atoms with Crippen LogP contribution in [0, 0.1) is 12.8 Å². The summed E-state index contributed by atoms with van der Waals surface area (Å²) in [5.74, 6) is -1.97. The second-order valence-electron chi connectivity index (χ2n) is 10.9. The van der Waals surface area contributed by atoms with Gasteiger partial charge in [-0.1, -0.05) is 76.1 Å². The molecule has 0 radical (unpaired) electrons. The zero-order valence-corrected chi connectivity index (χ0v) is 25.8. The van der Waals surface area contributed by atoms with Gasteiger partial charge in [-0.3, -0.25) is 4.79 Å². The Morgan fingerprint density at radius 1 is 1.10 bits per heavy atom. The molecule has 0 bridgehead atoms. The first-order valence-corrected chi connectivity index (χ1v) is 15.6. The summed E-state index contributed by atoms with van der Waals surface area (Å²) in [6.45, 7) is 9.13. The zero-order valence-electron chi connectivity index (χ0n) is 23.4. The van der Waals surface area contributed by atoms with Gasteiger partial charge in [0.25, 0.3) is 10.0 Å². The Labute approximate surface area is 253 Å². The lowest BCUT2D eigenvalue weighted by atomic mass is 9.89. The normalized spacial score (nSPS) is 18.1. The van der Waals surface area contributed by atoms with Crippen LogP contribution in [0.4, 0.5) is 4.79 Å². The molecule has 42 heavy (non-hydrogen) atoms. The van der Waals surface area contributed by atoms with E-state index in [0.29, 0.717) is 21.8 Å². The smallest absolute Gasteiger partial charge is 0.417 e. The van der Waals surface area contributed by atoms with Crippen LogP contribution in [-0.4, -0.2) is 46.0 Å². The largest absolute Gasteiger partial charge is 0.441 e. The van der Waals surface area contributed by atoms with Crippen LogP contribution in [0.1, 0.15) is 36.6 Å². The maximum Gasteiger partial charge on any atom is 0.417 e. The predicted octanol–water partition coefficient (Wildman–Crippen LogP) is 6.15. The molecule has 1 fully saturated rings. The molecule has 0 aliphatic carbocycles. The SMILES string of the molecule is C=C[C@H](C(=O)N1C(=O)OC(C)(C)[C@@H]1Cc1ccccc1)[C@H](O)c1cn(S(=O)(=O)c2ccc(C)cc2)c2cccc(Br)c12. The van der Waals surface area contributed by atoms with E-state index in [9.17, 15) is 23.1 Å². The number of hydrogen-bond acceptors (Lipinski definition) is 6. The number of halogens is 1. The van der Waals surface area contributed by atoms with E-state index in [0.717, 1.165) is 20.0 Å². The highest BCUT2D eigenvalue weighted by Crippen LogP contribution is 2.40. The monoisotopic (exact) mass is 650 g/mol. The van der Waals surface area contributed by atoms with Crippen LogP contribution in [0.2, 0.25) is 0 Å². The number of aliphatic hydroxyl groups is 1. The number of aliphatic hydroxyl groups excluding tert-OH is 1. The van der Waals surface area contributed by atoms with E-state index in [1.807, 2.05) is 37.3 Å². The number of ether oxygens (including phenoxy) is 1. The topological polar surface area (TPSA) is 106 Å². The van der Waals surface area contributed by atoms with Crippen LogP contribution in [0.25, 0.3) is 10.9 Å². The fraction of sp³-hybridized carbons (Fsp3) is 0.250. The number of nitrogens with zero attached hydrogens (tertiary/aromatic N) is 2. The standard InChI is InChI=1S/C32H31BrN2O6S/c1-5-23(30(37)35-27(32(3,4)41-31(35)38)18-21-10-7-6-8-11-21)29(36)24-19-34(26-13-9-12-25(33)28(24)26)42(39,40)22-16-14-20(2)15-17-22/h5-17,19,23,27,29,36H,1,18H2,2-4H3/t23-,27-,29-/m0/s1. The molecule has 1 N–H and O–H groups in total. The summed E-state index contributed by atoms with van der Waals surface area (Å²) in [5, 5.41) is 12.1. The van der Waals surface area contributed by atoms with E-state index in [-0.39, 0.29) is 10.5 Å². The van der Waals surface area contributed by atoms with Crippen molar-refractivity contribution in [3.63, 3.8) is 0 Å². The second kappa shape index (κ2) is 11.2. The second-order valence-corrected chi connectivity index (χ2v) is 13.6. The molecule has 4 aromatic rings. The molecular formula is C32H31BrN2O6S. The molecule has 3 aromatic carbocycles. The number of fused-ring (bicyclic) bond motifs is 1. The summed E-state index contributed by atoms with van der Waals surface area (Å²) in [6.07, 6.45) is 0.618. The summed E-state index contributed by atoms with van der Waals surface area (Å²) >= 11 is 3.49. The Morgan fingerprint density at radius 3 is 2.40 bits per heavy atom. The van der Waals surface area contributed by atoms with Crippen LogP contribution in [0.5, 0.6) is 0 Å². The van der Waals surface area contributed by atoms with Gasteiger partial charge in [-0.25, -0.2) is 22.1 Å². The van der Waals surface area contributed by atoms with Crippen LogP contribution >= 0.6 is 15.9 Å². The van der Waals surface area contributed by atoms with Crippen molar-refractivity contribution in [2.75, 3.05) is 0 Å². The zero-order chi connectivity index (χ0) is 30.4. The predicted molar refractivity (Wildman–Crippen MR) is 163 cm³/mol. The Bertz CT molecular complexity index is 1780. The molecule has 218 valence electrons. The van der Waals surface area contributed by atoms with E-state index < -0.39 is 45.7 Å². The van der Waals surface area contributed by atoms with Crippen molar-refractivity contribution in [2.45, 2.75) is 49.8 Å². The number of benzene rings is 3. The summed E-state index contributed by atoms with van der Waals surface area (Å²) in [6, 6.07) is 20.3. The van der Waals surface area contributed by atoms with E-state index in [1.54, 1.807) is 44.2 Å². The van der Waals surface area contributed by atoms with Crippen LogP contribution in [-0.2, 0) is 26.0 Å². The Balaban J connectivity index is 1.57. The third-order valence-electron chi connectivity index (χ3n) is 7.72. The average Bonchev–Trinajstić information content (AvgIpc) is 3.45. The van der Waals surface area contributed by atoms with Gasteiger partial charge < -0.3 is 9.84 Å². The summed E-state index contributed by atoms with van der Waals surface area (Å²) in [5.41, 5.74) is 1.35. The van der Waals surface area contributed by atoms with Gasteiger partial charge in [0.2, 0.25) is 5.91 Å². The molecule has 2 amide bonds.